The van der Waals surface area contributed by atoms with Gasteiger partial charge >= 0.3 is 5.97 Å². The first-order valence-corrected chi connectivity index (χ1v) is 12.1. The number of nitrogens with one attached hydrogen (secondary N) is 1. The first kappa shape index (κ1) is 25.7. The third-order valence-corrected chi connectivity index (χ3v) is 9.97. The molecule has 5 rings (SSSR count). The highest BCUT2D eigenvalue weighted by Crippen LogP contribution is 2.73. The topological polar surface area (TPSA) is 92.7 Å². The first-order valence-electron chi connectivity index (χ1n) is 12.1. The third kappa shape index (κ3) is 3.10. The molecular formula is C27H33F2NO5. The van der Waals surface area contributed by atoms with Gasteiger partial charge in [0.25, 0.3) is 0 Å². The molecular weight excluding hydrogens is 456 g/mol. The van der Waals surface area contributed by atoms with Gasteiger partial charge in [-0.15, -0.1) is 12.8 Å². The zero-order valence-corrected chi connectivity index (χ0v) is 20.4. The van der Waals surface area contributed by atoms with Crippen molar-refractivity contribution in [2.24, 2.45) is 34.0 Å². The van der Waals surface area contributed by atoms with Crippen molar-refractivity contribution < 1.29 is 33.0 Å². The summed E-state index contributed by atoms with van der Waals surface area (Å²) in [6.45, 7) is 5.30. The van der Waals surface area contributed by atoms with Crippen molar-refractivity contribution in [2.75, 3.05) is 19.7 Å². The van der Waals surface area contributed by atoms with Crippen LogP contribution in [0.15, 0.2) is 23.8 Å². The lowest BCUT2D eigenvalue weighted by Crippen LogP contribution is -2.69. The summed E-state index contributed by atoms with van der Waals surface area (Å²) in [5, 5.41) is 14.7. The summed E-state index contributed by atoms with van der Waals surface area (Å²) in [5.41, 5.74) is -5.21. The molecule has 1 saturated heterocycles. The normalized spacial score (nSPS) is 47.3. The van der Waals surface area contributed by atoms with E-state index in [1.807, 2.05) is 6.92 Å². The maximum Gasteiger partial charge on any atom is 0.303 e. The van der Waals surface area contributed by atoms with Crippen LogP contribution in [0.25, 0.3) is 0 Å². The molecule has 0 aromatic rings. The van der Waals surface area contributed by atoms with E-state index < -0.39 is 46.1 Å². The molecule has 1 aliphatic heterocycles. The van der Waals surface area contributed by atoms with E-state index in [1.165, 1.54) is 25.2 Å². The molecule has 5 aliphatic rings. The Balaban J connectivity index is 0.00000141. The number of aliphatic hydroxyl groups excluding tert-OH is 1. The van der Waals surface area contributed by atoms with Gasteiger partial charge in [0, 0.05) is 24.8 Å². The van der Waals surface area contributed by atoms with E-state index in [-0.39, 0.29) is 48.4 Å². The molecule has 4 fully saturated rings. The minimum atomic E-state index is -2.16. The van der Waals surface area contributed by atoms with Gasteiger partial charge in [0.1, 0.15) is 6.17 Å². The quantitative estimate of drug-likeness (QED) is 0.468. The number of esters is 1. The highest BCUT2D eigenvalue weighted by Gasteiger charge is 2.77. The van der Waals surface area contributed by atoms with Crippen molar-refractivity contribution in [3.05, 3.63) is 23.8 Å². The third-order valence-electron chi connectivity index (χ3n) is 9.97. The molecule has 0 bridgehead atoms. The maximum atomic E-state index is 17.2. The van der Waals surface area contributed by atoms with Gasteiger partial charge in [-0.25, -0.2) is 8.78 Å². The number of ether oxygens (including phenoxy) is 1. The molecule has 1 unspecified atom stereocenters. The highest BCUT2D eigenvalue weighted by molar-refractivity contribution is 6.01. The van der Waals surface area contributed by atoms with Crippen LogP contribution in [0.2, 0.25) is 0 Å². The minimum absolute atomic E-state index is 0.0380. The van der Waals surface area contributed by atoms with Crippen molar-refractivity contribution in [1.82, 2.24) is 5.32 Å². The molecule has 6 nitrogen and oxygen atoms in total. The zero-order valence-electron chi connectivity index (χ0n) is 20.4. The van der Waals surface area contributed by atoms with Crippen molar-refractivity contribution in [1.29, 1.82) is 0 Å². The minimum Gasteiger partial charge on any atom is -0.458 e. The van der Waals surface area contributed by atoms with Gasteiger partial charge in [0.15, 0.2) is 23.8 Å². The van der Waals surface area contributed by atoms with Gasteiger partial charge in [-0.1, -0.05) is 13.0 Å². The van der Waals surface area contributed by atoms with Crippen molar-refractivity contribution in [3.63, 3.8) is 0 Å². The Labute approximate surface area is 204 Å². The predicted octanol–water partition coefficient (Wildman–Crippen LogP) is 2.50. The number of allylic oxidation sites excluding steroid dienone is 4. The summed E-state index contributed by atoms with van der Waals surface area (Å²) >= 11 is 0. The first-order chi connectivity index (χ1) is 16.4. The van der Waals surface area contributed by atoms with Crippen LogP contribution in [0.3, 0.4) is 0 Å². The number of carbonyl (C=O) groups is 3. The highest BCUT2D eigenvalue weighted by atomic mass is 19.1. The van der Waals surface area contributed by atoms with Crippen molar-refractivity contribution in [3.8, 4) is 12.8 Å². The molecule has 1 heterocycles. The van der Waals surface area contributed by atoms with Crippen LogP contribution < -0.4 is 5.32 Å². The number of Topliss-reactive ketones (excluding diaryl/α,β-unsaturated/α-hetero) is 1. The molecule has 4 aliphatic carbocycles. The van der Waals surface area contributed by atoms with Crippen LogP contribution in [-0.4, -0.2) is 60.3 Å². The number of rotatable bonds is 3. The van der Waals surface area contributed by atoms with Crippen LogP contribution in [0.5, 0.6) is 0 Å². The lowest BCUT2D eigenvalue weighted by atomic mass is 9.43. The van der Waals surface area contributed by atoms with Gasteiger partial charge in [-0.05, 0) is 67.7 Å². The summed E-state index contributed by atoms with van der Waals surface area (Å²) in [5.74, 6) is -2.41. The molecule has 8 heteroatoms. The second kappa shape index (κ2) is 8.35. The fraction of sp³-hybridized carbons (Fsp3) is 0.667. The number of carbonyl (C=O) groups excluding carboxylic acids is 3. The number of aliphatic hydroxyl groups is 1. The van der Waals surface area contributed by atoms with Crippen LogP contribution in [0.1, 0.15) is 40.0 Å². The van der Waals surface area contributed by atoms with Gasteiger partial charge in [0.05, 0.1) is 11.5 Å². The van der Waals surface area contributed by atoms with Gasteiger partial charge in [-0.2, -0.15) is 0 Å². The van der Waals surface area contributed by atoms with Crippen LogP contribution in [-0.2, 0) is 19.1 Å². The summed E-state index contributed by atoms with van der Waals surface area (Å²) in [6, 6.07) is 0. The van der Waals surface area contributed by atoms with E-state index in [1.54, 1.807) is 6.92 Å². The Morgan fingerprint density at radius 3 is 2.60 bits per heavy atom. The maximum absolute atomic E-state index is 17.2. The Morgan fingerprint density at radius 1 is 1.26 bits per heavy atom. The monoisotopic (exact) mass is 489 g/mol. The van der Waals surface area contributed by atoms with Crippen molar-refractivity contribution in [2.45, 2.75) is 58.0 Å². The van der Waals surface area contributed by atoms with E-state index in [2.05, 4.69) is 18.2 Å². The van der Waals surface area contributed by atoms with Gasteiger partial charge in [0.2, 0.25) is 0 Å². The number of halogens is 2. The largest absolute Gasteiger partial charge is 0.458 e. The predicted molar refractivity (Wildman–Crippen MR) is 124 cm³/mol. The molecule has 0 amide bonds. The van der Waals surface area contributed by atoms with Gasteiger partial charge in [-0.3, -0.25) is 14.4 Å². The zero-order chi connectivity index (χ0) is 26.0. The van der Waals surface area contributed by atoms with E-state index in [0.29, 0.717) is 19.5 Å². The lowest BCUT2D eigenvalue weighted by Gasteiger charge is -2.63. The molecule has 0 aromatic heterocycles. The Morgan fingerprint density at radius 2 is 1.94 bits per heavy atom. The molecule has 3 saturated carbocycles. The van der Waals surface area contributed by atoms with E-state index in [4.69, 9.17) is 4.74 Å². The Kier molecular flexibility index (Phi) is 6.13. The summed E-state index contributed by atoms with van der Waals surface area (Å²) < 4.78 is 37.8. The molecule has 190 valence electrons. The number of fused-ring (bicyclic) bond motifs is 7. The second-order valence-corrected chi connectivity index (χ2v) is 11.1. The number of hydrogen-bond acceptors (Lipinski definition) is 6. The SMILES string of the molecule is C#C.CC(=O)OCC(=O)[C@@]12CNC[C@@H]1CC1[C@@H]3C[C@H](F)C4=CC(=O)C=C[C@]4(C)[C@@]3(F)[C@@H](O)C[C@@]12C. The summed E-state index contributed by atoms with van der Waals surface area (Å²) in [7, 11) is 0. The van der Waals surface area contributed by atoms with Crippen molar-refractivity contribution >= 4 is 17.5 Å². The number of alkyl halides is 2. The molecule has 35 heavy (non-hydrogen) atoms. The van der Waals surface area contributed by atoms with Crippen LogP contribution in [0.4, 0.5) is 8.78 Å². The fourth-order valence-electron chi connectivity index (χ4n) is 8.46. The lowest BCUT2D eigenvalue weighted by molar-refractivity contribution is -0.211. The summed E-state index contributed by atoms with van der Waals surface area (Å²) in [6.07, 6.45) is 9.36. The van der Waals surface area contributed by atoms with E-state index >= 15 is 8.78 Å². The molecule has 0 spiro atoms. The summed E-state index contributed by atoms with van der Waals surface area (Å²) in [4.78, 5) is 36.8. The van der Waals surface area contributed by atoms with E-state index in [0.717, 1.165) is 0 Å². The van der Waals surface area contributed by atoms with Crippen LogP contribution in [0, 0.1) is 46.8 Å². The number of hydrogen-bond donors (Lipinski definition) is 2. The standard InChI is InChI=1S/C25H31F2NO5.C2H2/c1-13(29)33-11-21(32)24-12-28-10-14(24)6-16-17-8-19(26)18-7-15(30)4-5-22(18,2)25(17,27)20(31)9-23(16,24)3;1-2/h4-5,7,14,16-17,19-20,28,31H,6,8-12H2,1-3H3;1-2H/t14-,16?,17-,19-,20-,22-,23-,24+,25-;/m0./s1. The second-order valence-electron chi connectivity index (χ2n) is 11.1. The van der Waals surface area contributed by atoms with E-state index in [9.17, 15) is 19.5 Å². The number of ketones is 2. The Hall–Kier alpha value is -2.37. The van der Waals surface area contributed by atoms with Crippen LogP contribution >= 0.6 is 0 Å². The molecule has 0 radical (unpaired) electrons. The molecule has 2 N–H and O–H groups in total. The average Bonchev–Trinajstić information content (AvgIpc) is 3.34. The Bertz CT molecular complexity index is 1040. The number of terminal acetylenes is 1. The molecule has 9 atom stereocenters. The fourth-order valence-corrected chi connectivity index (χ4v) is 8.46. The smallest absolute Gasteiger partial charge is 0.303 e. The molecule has 0 aromatic carbocycles. The average molecular weight is 490 g/mol. The van der Waals surface area contributed by atoms with Gasteiger partial charge < -0.3 is 15.2 Å².